The monoisotopic (exact) mass is 313 g/mol. The van der Waals surface area contributed by atoms with Gasteiger partial charge in [0.05, 0.1) is 0 Å². The molecule has 1 heterocycles. The summed E-state index contributed by atoms with van der Waals surface area (Å²) in [5, 5.41) is -1.45. The lowest BCUT2D eigenvalue weighted by Crippen LogP contribution is -2.35. The van der Waals surface area contributed by atoms with Gasteiger partial charge in [0.1, 0.15) is 0 Å². The normalized spacial score (nSPS) is 15.0. The van der Waals surface area contributed by atoms with Gasteiger partial charge in [-0.1, -0.05) is 0 Å². The molecule has 1 aliphatic rings. The lowest BCUT2D eigenvalue weighted by atomic mass is 10.0. The fraction of sp³-hybridized carbons (Fsp3) is 0.357. The molecule has 1 fully saturated rings. The molecular weight excluding hydrogens is 301 g/mol. The molecule has 0 bridgehead atoms. The first-order chi connectivity index (χ1) is 9.49. The van der Waals surface area contributed by atoms with Crippen LogP contribution in [0.3, 0.4) is 0 Å². The van der Waals surface area contributed by atoms with E-state index in [2.05, 4.69) is 0 Å². The van der Waals surface area contributed by atoms with Gasteiger partial charge < -0.3 is 4.90 Å². The molecule has 106 valence electrons. The van der Waals surface area contributed by atoms with Crippen molar-refractivity contribution in [2.45, 2.75) is 19.3 Å². The van der Waals surface area contributed by atoms with Crippen LogP contribution in [0.25, 0.3) is 0 Å². The number of hydrogen-bond acceptors (Lipinski definition) is 3. The van der Waals surface area contributed by atoms with Gasteiger partial charge in [-0.25, -0.2) is 0 Å². The fourth-order valence-corrected chi connectivity index (χ4v) is 2.48. The number of amides is 1. The Morgan fingerprint density at radius 3 is 1.70 bits per heavy atom. The lowest BCUT2D eigenvalue weighted by molar-refractivity contribution is 0.0724. The van der Waals surface area contributed by atoms with E-state index in [1.165, 1.54) is 18.2 Å². The summed E-state index contributed by atoms with van der Waals surface area (Å²) in [7, 11) is 0. The zero-order chi connectivity index (χ0) is 14.7. The topological polar surface area (TPSA) is 54.5 Å². The second-order valence-corrected chi connectivity index (χ2v) is 5.39. The number of carbonyl (C=O) groups excluding carboxylic acids is 3. The summed E-state index contributed by atoms with van der Waals surface area (Å²) >= 11 is 10.8. The highest BCUT2D eigenvalue weighted by molar-refractivity contribution is 6.69. The minimum absolute atomic E-state index is 0.0959. The van der Waals surface area contributed by atoms with Gasteiger partial charge in [-0.15, -0.1) is 0 Å². The first-order valence-electron chi connectivity index (χ1n) is 6.33. The molecule has 1 saturated heterocycles. The van der Waals surface area contributed by atoms with Crippen LogP contribution in [0, 0.1) is 0 Å². The first kappa shape index (κ1) is 15.0. The van der Waals surface area contributed by atoms with Crippen molar-refractivity contribution in [2.75, 3.05) is 13.1 Å². The Morgan fingerprint density at radius 1 is 0.800 bits per heavy atom. The predicted molar refractivity (Wildman–Crippen MR) is 76.6 cm³/mol. The standard InChI is InChI=1S/C14H13Cl2NO3/c15-12(18)9-6-10(13(16)19)8-11(7-9)14(20)17-4-2-1-3-5-17/h6-8H,1-5H2. The van der Waals surface area contributed by atoms with Crippen LogP contribution >= 0.6 is 23.2 Å². The zero-order valence-corrected chi connectivity index (χ0v) is 12.2. The van der Waals surface area contributed by atoms with Crippen molar-refractivity contribution < 1.29 is 14.4 Å². The molecule has 2 rings (SSSR count). The first-order valence-corrected chi connectivity index (χ1v) is 7.08. The molecule has 0 N–H and O–H groups in total. The van der Waals surface area contributed by atoms with Gasteiger partial charge >= 0.3 is 0 Å². The highest BCUT2D eigenvalue weighted by atomic mass is 35.5. The summed E-state index contributed by atoms with van der Waals surface area (Å²) in [6.45, 7) is 1.37. The molecule has 1 aromatic rings. The zero-order valence-electron chi connectivity index (χ0n) is 10.7. The molecule has 0 radical (unpaired) electrons. The minimum Gasteiger partial charge on any atom is -0.339 e. The molecule has 0 atom stereocenters. The van der Waals surface area contributed by atoms with Gasteiger partial charge in [0.2, 0.25) is 0 Å². The number of rotatable bonds is 3. The van der Waals surface area contributed by atoms with Crippen molar-refractivity contribution in [2.24, 2.45) is 0 Å². The molecule has 1 aromatic carbocycles. The van der Waals surface area contributed by atoms with Crippen molar-refractivity contribution in [3.63, 3.8) is 0 Å². The van der Waals surface area contributed by atoms with Crippen molar-refractivity contribution in [3.05, 3.63) is 34.9 Å². The Morgan fingerprint density at radius 2 is 1.25 bits per heavy atom. The van der Waals surface area contributed by atoms with E-state index in [0.717, 1.165) is 19.3 Å². The van der Waals surface area contributed by atoms with Crippen molar-refractivity contribution in [1.82, 2.24) is 4.90 Å². The van der Waals surface area contributed by atoms with Gasteiger partial charge in [0, 0.05) is 29.8 Å². The number of carbonyl (C=O) groups is 3. The second-order valence-electron chi connectivity index (χ2n) is 4.70. The van der Waals surface area contributed by atoms with Crippen molar-refractivity contribution in [3.8, 4) is 0 Å². The van der Waals surface area contributed by atoms with Gasteiger partial charge in [0.15, 0.2) is 0 Å². The molecule has 0 saturated carbocycles. The van der Waals surface area contributed by atoms with Crippen LogP contribution in [-0.2, 0) is 0 Å². The Bertz CT molecular complexity index is 533. The molecule has 0 aliphatic carbocycles. The number of hydrogen-bond donors (Lipinski definition) is 0. The number of benzene rings is 1. The molecule has 0 spiro atoms. The van der Waals surface area contributed by atoms with Crippen LogP contribution in [0.1, 0.15) is 50.3 Å². The summed E-state index contributed by atoms with van der Waals surface area (Å²) in [6.07, 6.45) is 3.03. The van der Waals surface area contributed by atoms with E-state index in [-0.39, 0.29) is 22.6 Å². The third-order valence-corrected chi connectivity index (χ3v) is 3.71. The van der Waals surface area contributed by atoms with Crippen molar-refractivity contribution >= 4 is 39.6 Å². The number of piperidine rings is 1. The van der Waals surface area contributed by atoms with Gasteiger partial charge in [-0.05, 0) is 60.7 Å². The summed E-state index contributed by atoms with van der Waals surface area (Å²) in [6, 6.07) is 4.09. The van der Waals surface area contributed by atoms with E-state index < -0.39 is 10.5 Å². The number of likely N-dealkylation sites (tertiary alicyclic amines) is 1. The van der Waals surface area contributed by atoms with E-state index in [0.29, 0.717) is 13.1 Å². The van der Waals surface area contributed by atoms with Gasteiger partial charge in [-0.2, -0.15) is 0 Å². The molecule has 1 amide bonds. The Labute approximate surface area is 126 Å². The largest absolute Gasteiger partial charge is 0.339 e. The highest BCUT2D eigenvalue weighted by Gasteiger charge is 2.20. The third kappa shape index (κ3) is 3.38. The van der Waals surface area contributed by atoms with E-state index in [1.54, 1.807) is 4.90 Å². The average Bonchev–Trinajstić information content (AvgIpc) is 2.46. The maximum atomic E-state index is 12.4. The fourth-order valence-electron chi connectivity index (χ4n) is 2.26. The Balaban J connectivity index is 2.36. The Kier molecular flexibility index (Phi) is 4.78. The predicted octanol–water partition coefficient (Wildman–Crippen LogP) is 3.07. The summed E-state index contributed by atoms with van der Waals surface area (Å²) in [5.74, 6) is -0.205. The van der Waals surface area contributed by atoms with Crippen LogP contribution in [0.5, 0.6) is 0 Å². The van der Waals surface area contributed by atoms with Crippen LogP contribution in [0.15, 0.2) is 18.2 Å². The molecule has 20 heavy (non-hydrogen) atoms. The van der Waals surface area contributed by atoms with Gasteiger partial charge in [0.25, 0.3) is 16.4 Å². The molecule has 1 aliphatic heterocycles. The molecule has 4 nitrogen and oxygen atoms in total. The smallest absolute Gasteiger partial charge is 0.253 e. The van der Waals surface area contributed by atoms with Crippen LogP contribution < -0.4 is 0 Å². The summed E-state index contributed by atoms with van der Waals surface area (Å²) < 4.78 is 0. The molecule has 0 aromatic heterocycles. The number of nitrogens with zero attached hydrogens (tertiary/aromatic N) is 1. The summed E-state index contributed by atoms with van der Waals surface area (Å²) in [4.78, 5) is 36.6. The molecule has 6 heteroatoms. The lowest BCUT2D eigenvalue weighted by Gasteiger charge is -2.26. The second kappa shape index (κ2) is 6.37. The van der Waals surface area contributed by atoms with Gasteiger partial charge in [-0.3, -0.25) is 14.4 Å². The maximum Gasteiger partial charge on any atom is 0.253 e. The average molecular weight is 314 g/mol. The summed E-state index contributed by atoms with van der Waals surface area (Å²) in [5.41, 5.74) is 0.458. The highest BCUT2D eigenvalue weighted by Crippen LogP contribution is 2.18. The quantitative estimate of drug-likeness (QED) is 0.806. The molecule has 0 unspecified atom stereocenters. The van der Waals surface area contributed by atoms with E-state index in [9.17, 15) is 14.4 Å². The maximum absolute atomic E-state index is 12.4. The Hall–Kier alpha value is -1.39. The minimum atomic E-state index is -0.725. The van der Waals surface area contributed by atoms with E-state index in [4.69, 9.17) is 23.2 Å². The van der Waals surface area contributed by atoms with Crippen LogP contribution in [-0.4, -0.2) is 34.4 Å². The van der Waals surface area contributed by atoms with Crippen LogP contribution in [0.4, 0.5) is 0 Å². The third-order valence-electron chi connectivity index (χ3n) is 3.28. The van der Waals surface area contributed by atoms with E-state index in [1.807, 2.05) is 0 Å². The van der Waals surface area contributed by atoms with E-state index >= 15 is 0 Å². The van der Waals surface area contributed by atoms with Crippen molar-refractivity contribution in [1.29, 1.82) is 0 Å². The SMILES string of the molecule is O=C(Cl)c1cc(C(=O)Cl)cc(C(=O)N2CCCCC2)c1. The molecular formula is C14H13Cl2NO3. The van der Waals surface area contributed by atoms with Crippen LogP contribution in [0.2, 0.25) is 0 Å². The number of halogens is 2.